The Kier molecular flexibility index (Phi) is 12.9. The molecule has 1 aliphatic carbocycles. The van der Waals surface area contributed by atoms with Crippen molar-refractivity contribution in [3.63, 3.8) is 0 Å². The summed E-state index contributed by atoms with van der Waals surface area (Å²) in [6.45, 7) is 10.5. The predicted molar refractivity (Wildman–Crippen MR) is 188 cm³/mol. The molecule has 0 aliphatic heterocycles. The second-order valence-electron chi connectivity index (χ2n) is 11.8. The van der Waals surface area contributed by atoms with Crippen LogP contribution in [0.25, 0.3) is 0 Å². The Hall–Kier alpha value is -4.09. The van der Waals surface area contributed by atoms with E-state index in [9.17, 15) is 19.5 Å². The number of rotatable bonds is 15. The molecule has 0 bridgehead atoms. The van der Waals surface area contributed by atoms with Crippen molar-refractivity contribution in [1.29, 1.82) is 0 Å². The predicted octanol–water partition coefficient (Wildman–Crippen LogP) is 7.14. The summed E-state index contributed by atoms with van der Waals surface area (Å²) in [5.41, 5.74) is -0.590. The molecule has 0 radical (unpaired) electrons. The van der Waals surface area contributed by atoms with Crippen LogP contribution in [0.4, 0.5) is 11.4 Å². The topological polar surface area (TPSA) is 132 Å². The van der Waals surface area contributed by atoms with Crippen molar-refractivity contribution >= 4 is 44.9 Å². The smallest absolute Gasteiger partial charge is 0.235 e. The van der Waals surface area contributed by atoms with Gasteiger partial charge in [-0.05, 0) is 92.0 Å². The Morgan fingerprint density at radius 1 is 0.833 bits per heavy atom. The first-order chi connectivity index (χ1) is 23.1. The fraction of sp³-hybridized carbons (Fsp3) is 0.432. The minimum absolute atomic E-state index is 0.317. The number of benzene rings is 3. The molecule has 0 saturated heterocycles. The highest BCUT2D eigenvalue weighted by atomic mass is 79.9. The number of aliphatic hydroxyl groups is 1. The van der Waals surface area contributed by atoms with Gasteiger partial charge in [-0.25, -0.2) is 0 Å². The van der Waals surface area contributed by atoms with E-state index >= 15 is 0 Å². The highest BCUT2D eigenvalue weighted by Crippen LogP contribution is 2.50. The van der Waals surface area contributed by atoms with E-state index in [0.29, 0.717) is 70.8 Å². The lowest BCUT2D eigenvalue weighted by Crippen LogP contribution is -2.56. The Morgan fingerprint density at radius 2 is 1.38 bits per heavy atom. The zero-order valence-corrected chi connectivity index (χ0v) is 29.7. The van der Waals surface area contributed by atoms with Crippen LogP contribution >= 0.6 is 15.9 Å². The summed E-state index contributed by atoms with van der Waals surface area (Å²) in [4.78, 5) is 42.6. The van der Waals surface area contributed by atoms with Crippen molar-refractivity contribution in [2.45, 2.75) is 65.4 Å². The van der Waals surface area contributed by atoms with Crippen LogP contribution in [0.3, 0.4) is 0 Å². The molecule has 0 spiro atoms. The van der Waals surface area contributed by atoms with Crippen molar-refractivity contribution in [3.8, 4) is 23.0 Å². The summed E-state index contributed by atoms with van der Waals surface area (Å²) in [6, 6.07) is 17.3. The molecule has 258 valence electrons. The highest BCUT2D eigenvalue weighted by Gasteiger charge is 2.56. The molecule has 4 rings (SSSR count). The van der Waals surface area contributed by atoms with Crippen LogP contribution in [-0.4, -0.2) is 54.7 Å². The molecular formula is C37H45BrN2O8. The van der Waals surface area contributed by atoms with E-state index in [2.05, 4.69) is 33.5 Å². The Balaban J connectivity index is 1.87. The molecule has 1 fully saturated rings. The van der Waals surface area contributed by atoms with E-state index in [0.717, 1.165) is 12.8 Å². The molecule has 3 aromatic rings. The molecule has 4 atom stereocenters. The molecule has 4 unspecified atom stereocenters. The average Bonchev–Trinajstić information content (AvgIpc) is 3.03. The van der Waals surface area contributed by atoms with E-state index in [1.807, 2.05) is 20.8 Å². The molecule has 0 aromatic heterocycles. The Morgan fingerprint density at radius 3 is 1.94 bits per heavy atom. The van der Waals surface area contributed by atoms with Crippen molar-refractivity contribution < 1.29 is 38.4 Å². The first kappa shape index (κ1) is 36.7. The van der Waals surface area contributed by atoms with E-state index < -0.39 is 47.4 Å². The number of halogens is 1. The molecule has 48 heavy (non-hydrogen) atoms. The number of para-hydroxylation sites is 4. The molecule has 1 saturated carbocycles. The molecule has 10 nitrogen and oxygen atoms in total. The third-order valence-corrected chi connectivity index (χ3v) is 8.77. The van der Waals surface area contributed by atoms with Crippen molar-refractivity contribution in [1.82, 2.24) is 0 Å². The lowest BCUT2D eigenvalue weighted by Gasteiger charge is -2.44. The third-order valence-electron chi connectivity index (χ3n) is 8.18. The number of amides is 2. The Bertz CT molecular complexity index is 1590. The van der Waals surface area contributed by atoms with Gasteiger partial charge in [0.05, 0.1) is 53.8 Å². The highest BCUT2D eigenvalue weighted by molar-refractivity contribution is 9.10. The van der Waals surface area contributed by atoms with Gasteiger partial charge in [0.2, 0.25) is 11.8 Å². The summed E-state index contributed by atoms with van der Waals surface area (Å²) >= 11 is 3.62. The van der Waals surface area contributed by atoms with Crippen LogP contribution in [0.15, 0.2) is 65.1 Å². The number of anilines is 2. The maximum absolute atomic E-state index is 14.4. The number of ketones is 1. The molecular weight excluding hydrogens is 680 g/mol. The van der Waals surface area contributed by atoms with Gasteiger partial charge < -0.3 is 34.7 Å². The van der Waals surface area contributed by atoms with Crippen LogP contribution in [0.1, 0.15) is 65.4 Å². The van der Waals surface area contributed by atoms with E-state index in [-0.39, 0.29) is 0 Å². The van der Waals surface area contributed by atoms with Crippen LogP contribution in [-0.2, 0) is 14.4 Å². The normalized spacial score (nSPS) is 20.5. The van der Waals surface area contributed by atoms with Gasteiger partial charge in [-0.2, -0.15) is 0 Å². The number of hydrogen-bond donors (Lipinski definition) is 3. The molecule has 3 N–H and O–H groups in total. The summed E-state index contributed by atoms with van der Waals surface area (Å²) in [5.74, 6) is -3.68. The number of hydrogen-bond acceptors (Lipinski definition) is 8. The number of carbonyl (C=O) groups excluding carboxylic acids is 3. The second kappa shape index (κ2) is 16.8. The number of ether oxygens (including phenoxy) is 4. The SMILES string of the molecule is CCCCOc1c(Br)cc(C2C(C(=O)Nc3ccccc3OCC)C(=O)CC(C)(O)C2C(=O)Nc2ccccc2OCC)cc1OCC. The van der Waals surface area contributed by atoms with Gasteiger partial charge >= 0.3 is 0 Å². The number of Topliss-reactive ketones (excluding diaryl/α,β-unsaturated/α-hetero) is 1. The zero-order valence-electron chi connectivity index (χ0n) is 28.1. The van der Waals surface area contributed by atoms with Gasteiger partial charge in [0.1, 0.15) is 23.2 Å². The largest absolute Gasteiger partial charge is 0.492 e. The fourth-order valence-corrected chi connectivity index (χ4v) is 6.69. The standard InChI is InChI=1S/C37H45BrN2O8/c1-6-10-19-48-34-24(38)20-23(21-30(34)47-9-4)31-32(35(42)39-25-15-11-13-17-28(25)45-7-2)27(41)22-37(5,44)33(31)36(43)40-26-16-12-14-18-29(26)46-8-3/h11-18,20-21,31-33,44H,6-10,19,22H2,1-5H3,(H,39,42)(H,40,43). The van der Waals surface area contributed by atoms with Gasteiger partial charge in [0.15, 0.2) is 11.5 Å². The first-order valence-corrected chi connectivity index (χ1v) is 17.2. The summed E-state index contributed by atoms with van der Waals surface area (Å²) in [5, 5.41) is 17.7. The summed E-state index contributed by atoms with van der Waals surface area (Å²) in [7, 11) is 0. The van der Waals surface area contributed by atoms with E-state index in [4.69, 9.17) is 18.9 Å². The Labute approximate surface area is 290 Å². The van der Waals surface area contributed by atoms with Gasteiger partial charge in [0, 0.05) is 12.3 Å². The van der Waals surface area contributed by atoms with E-state index in [1.165, 1.54) is 6.92 Å². The maximum atomic E-state index is 14.4. The molecule has 1 aliphatic rings. The zero-order chi connectivity index (χ0) is 34.8. The summed E-state index contributed by atoms with van der Waals surface area (Å²) < 4.78 is 24.0. The summed E-state index contributed by atoms with van der Waals surface area (Å²) in [6.07, 6.45) is 1.35. The lowest BCUT2D eigenvalue weighted by molar-refractivity contribution is -0.150. The van der Waals surface area contributed by atoms with Crippen molar-refractivity contribution in [2.75, 3.05) is 37.1 Å². The quantitative estimate of drug-likeness (QED) is 0.111. The van der Waals surface area contributed by atoms with Gasteiger partial charge in [0.25, 0.3) is 0 Å². The molecule has 11 heteroatoms. The average molecular weight is 726 g/mol. The number of nitrogens with one attached hydrogen (secondary N) is 2. The monoisotopic (exact) mass is 724 g/mol. The molecule has 3 aromatic carbocycles. The maximum Gasteiger partial charge on any atom is 0.235 e. The third kappa shape index (κ3) is 8.49. The molecule has 0 heterocycles. The van der Waals surface area contributed by atoms with Crippen molar-refractivity contribution in [3.05, 3.63) is 70.7 Å². The van der Waals surface area contributed by atoms with Crippen LogP contribution in [0.2, 0.25) is 0 Å². The van der Waals surface area contributed by atoms with Gasteiger partial charge in [-0.1, -0.05) is 37.6 Å². The van der Waals surface area contributed by atoms with Gasteiger partial charge in [-0.3, -0.25) is 14.4 Å². The lowest BCUT2D eigenvalue weighted by atomic mass is 9.61. The van der Waals surface area contributed by atoms with Crippen molar-refractivity contribution in [2.24, 2.45) is 11.8 Å². The number of unbranched alkanes of at least 4 members (excludes halogenated alkanes) is 1. The van der Waals surface area contributed by atoms with E-state index in [1.54, 1.807) is 60.7 Å². The fourth-order valence-electron chi connectivity index (χ4n) is 6.12. The molecule has 2 amide bonds. The van der Waals surface area contributed by atoms with Crippen LogP contribution in [0, 0.1) is 11.8 Å². The number of carbonyl (C=O) groups is 3. The van der Waals surface area contributed by atoms with Crippen LogP contribution < -0.4 is 29.6 Å². The van der Waals surface area contributed by atoms with Crippen LogP contribution in [0.5, 0.6) is 23.0 Å². The minimum atomic E-state index is -1.82. The first-order valence-electron chi connectivity index (χ1n) is 16.5. The van der Waals surface area contributed by atoms with Gasteiger partial charge in [-0.15, -0.1) is 0 Å². The second-order valence-corrected chi connectivity index (χ2v) is 12.6. The minimum Gasteiger partial charge on any atom is -0.492 e.